The third-order valence-corrected chi connectivity index (χ3v) is 1.84. The lowest BCUT2D eigenvalue weighted by molar-refractivity contribution is 0.139. The molecule has 0 aromatic heterocycles. The van der Waals surface area contributed by atoms with Crippen molar-refractivity contribution < 1.29 is 9.53 Å². The van der Waals surface area contributed by atoms with Crippen molar-refractivity contribution in [1.82, 2.24) is 5.32 Å². The van der Waals surface area contributed by atoms with Crippen LogP contribution in [0.5, 0.6) is 0 Å². The Hall–Kier alpha value is -2.06. The minimum absolute atomic E-state index is 0.0874. The third-order valence-electron chi connectivity index (χ3n) is 1.84. The molecule has 0 aliphatic rings. The van der Waals surface area contributed by atoms with E-state index in [1.165, 1.54) is 0 Å². The second-order valence-electron chi connectivity index (χ2n) is 3.18. The van der Waals surface area contributed by atoms with Crippen LogP contribution in [0.15, 0.2) is 30.3 Å². The van der Waals surface area contributed by atoms with Crippen LogP contribution in [0.2, 0.25) is 0 Å². The van der Waals surface area contributed by atoms with Gasteiger partial charge in [0.05, 0.1) is 6.07 Å². The fourth-order valence-electron chi connectivity index (χ4n) is 1.01. The van der Waals surface area contributed by atoms with Gasteiger partial charge in [-0.1, -0.05) is 30.3 Å². The molecule has 16 heavy (non-hydrogen) atoms. The number of ether oxygens (including phenoxy) is 1. The molecule has 0 aliphatic heterocycles. The highest BCUT2D eigenvalue weighted by atomic mass is 16.5. The molecule has 1 rings (SSSR count). The minimum atomic E-state index is -0.704. The highest BCUT2D eigenvalue weighted by Crippen LogP contribution is 2.00. The molecule has 1 atom stereocenters. The number of benzene rings is 1. The molecule has 1 unspecified atom stereocenters. The van der Waals surface area contributed by atoms with Gasteiger partial charge in [0.2, 0.25) is 0 Å². The van der Waals surface area contributed by atoms with Crippen LogP contribution < -0.4 is 11.1 Å². The van der Waals surface area contributed by atoms with Gasteiger partial charge in [0.15, 0.2) is 0 Å². The van der Waals surface area contributed by atoms with Crippen LogP contribution >= 0.6 is 0 Å². The normalized spacial score (nSPS) is 11.2. The van der Waals surface area contributed by atoms with E-state index in [1.807, 2.05) is 30.3 Å². The average Bonchev–Trinajstić information content (AvgIpc) is 2.34. The number of alkyl carbamates (subject to hydrolysis) is 1. The zero-order valence-electron chi connectivity index (χ0n) is 8.72. The molecule has 84 valence electrons. The predicted molar refractivity (Wildman–Crippen MR) is 58.2 cm³/mol. The van der Waals surface area contributed by atoms with Gasteiger partial charge in [0.1, 0.15) is 12.6 Å². The number of hydrogen-bond acceptors (Lipinski definition) is 4. The van der Waals surface area contributed by atoms with E-state index in [9.17, 15) is 4.79 Å². The number of nitrogens with one attached hydrogen (secondary N) is 1. The lowest BCUT2D eigenvalue weighted by atomic mass is 10.2. The Morgan fingerprint density at radius 3 is 2.81 bits per heavy atom. The molecule has 1 amide bonds. The van der Waals surface area contributed by atoms with Gasteiger partial charge < -0.3 is 15.8 Å². The summed E-state index contributed by atoms with van der Waals surface area (Å²) < 4.78 is 4.91. The smallest absolute Gasteiger partial charge is 0.407 e. The molecule has 0 radical (unpaired) electrons. The number of hydrogen-bond donors (Lipinski definition) is 2. The molecular formula is C11H13N3O2. The van der Waals surface area contributed by atoms with E-state index in [4.69, 9.17) is 15.7 Å². The van der Waals surface area contributed by atoms with Crippen LogP contribution in [0.1, 0.15) is 5.56 Å². The zero-order valence-corrected chi connectivity index (χ0v) is 8.72. The summed E-state index contributed by atoms with van der Waals surface area (Å²) in [5, 5.41) is 10.8. The number of amides is 1. The van der Waals surface area contributed by atoms with Gasteiger partial charge in [-0.05, 0) is 5.56 Å². The van der Waals surface area contributed by atoms with Crippen molar-refractivity contribution in [3.63, 3.8) is 0 Å². The van der Waals surface area contributed by atoms with Crippen LogP contribution in [0, 0.1) is 11.3 Å². The lowest BCUT2D eigenvalue weighted by Gasteiger charge is -2.07. The van der Waals surface area contributed by atoms with Crippen molar-refractivity contribution >= 4 is 6.09 Å². The van der Waals surface area contributed by atoms with Gasteiger partial charge in [-0.15, -0.1) is 0 Å². The van der Waals surface area contributed by atoms with E-state index >= 15 is 0 Å². The molecule has 0 aliphatic carbocycles. The summed E-state index contributed by atoms with van der Waals surface area (Å²) in [5.74, 6) is 0. The summed E-state index contributed by atoms with van der Waals surface area (Å²) in [4.78, 5) is 11.1. The van der Waals surface area contributed by atoms with Gasteiger partial charge in [0, 0.05) is 6.54 Å². The van der Waals surface area contributed by atoms with E-state index in [1.54, 1.807) is 6.07 Å². The molecule has 1 aromatic rings. The van der Waals surface area contributed by atoms with Gasteiger partial charge in [0.25, 0.3) is 0 Å². The van der Waals surface area contributed by atoms with Crippen LogP contribution in [-0.4, -0.2) is 18.7 Å². The molecule has 3 N–H and O–H groups in total. The second-order valence-corrected chi connectivity index (χ2v) is 3.18. The van der Waals surface area contributed by atoms with E-state index in [0.717, 1.165) is 5.56 Å². The quantitative estimate of drug-likeness (QED) is 0.782. The number of carbonyl (C=O) groups is 1. The van der Waals surface area contributed by atoms with Crippen LogP contribution in [0.25, 0.3) is 0 Å². The number of rotatable bonds is 4. The van der Waals surface area contributed by atoms with Crippen LogP contribution in [0.4, 0.5) is 4.79 Å². The molecular weight excluding hydrogens is 206 g/mol. The van der Waals surface area contributed by atoms with E-state index < -0.39 is 12.1 Å². The van der Waals surface area contributed by atoms with Crippen molar-refractivity contribution in [2.75, 3.05) is 6.54 Å². The van der Waals surface area contributed by atoms with Gasteiger partial charge in [-0.3, -0.25) is 0 Å². The third kappa shape index (κ3) is 4.44. The van der Waals surface area contributed by atoms with Gasteiger partial charge in [-0.25, -0.2) is 4.79 Å². The Bertz CT molecular complexity index is 373. The standard InChI is InChI=1S/C11H13N3O2/c12-6-10(13)7-14-11(15)16-8-9-4-2-1-3-5-9/h1-5,10H,7-8,13H2,(H,14,15). The molecule has 0 spiro atoms. The highest BCUT2D eigenvalue weighted by molar-refractivity contribution is 5.67. The van der Waals surface area contributed by atoms with Gasteiger partial charge in [-0.2, -0.15) is 5.26 Å². The Morgan fingerprint density at radius 2 is 2.19 bits per heavy atom. The first-order valence-corrected chi connectivity index (χ1v) is 4.82. The van der Waals surface area contributed by atoms with Crippen molar-refractivity contribution in [1.29, 1.82) is 5.26 Å². The van der Waals surface area contributed by atoms with Crippen molar-refractivity contribution in [2.24, 2.45) is 5.73 Å². The van der Waals surface area contributed by atoms with Crippen molar-refractivity contribution in [3.05, 3.63) is 35.9 Å². The second kappa shape index (κ2) is 6.43. The van der Waals surface area contributed by atoms with E-state index in [-0.39, 0.29) is 13.2 Å². The largest absolute Gasteiger partial charge is 0.445 e. The molecule has 5 heteroatoms. The van der Waals surface area contributed by atoms with Crippen molar-refractivity contribution in [2.45, 2.75) is 12.6 Å². The maximum atomic E-state index is 11.1. The fourth-order valence-corrected chi connectivity index (χ4v) is 1.01. The summed E-state index contributed by atoms with van der Waals surface area (Å²) in [6.07, 6.45) is -0.574. The maximum absolute atomic E-state index is 11.1. The lowest BCUT2D eigenvalue weighted by Crippen LogP contribution is -2.36. The number of nitrogens with zero attached hydrogens (tertiary/aromatic N) is 1. The molecule has 5 nitrogen and oxygen atoms in total. The number of nitrogens with two attached hydrogens (primary N) is 1. The first-order valence-electron chi connectivity index (χ1n) is 4.82. The van der Waals surface area contributed by atoms with E-state index in [2.05, 4.69) is 5.32 Å². The minimum Gasteiger partial charge on any atom is -0.445 e. The Balaban J connectivity index is 2.24. The molecule has 0 heterocycles. The van der Waals surface area contributed by atoms with Crippen molar-refractivity contribution in [3.8, 4) is 6.07 Å². The molecule has 0 fully saturated rings. The molecule has 0 bridgehead atoms. The predicted octanol–water partition coefficient (Wildman–Crippen LogP) is 0.764. The summed E-state index contributed by atoms with van der Waals surface area (Å²) >= 11 is 0. The summed E-state index contributed by atoms with van der Waals surface area (Å²) in [6.45, 7) is 0.290. The summed E-state index contributed by atoms with van der Waals surface area (Å²) in [7, 11) is 0. The Labute approximate surface area is 93.8 Å². The fraction of sp³-hybridized carbons (Fsp3) is 0.273. The topological polar surface area (TPSA) is 88.1 Å². The number of carbonyl (C=O) groups excluding carboxylic acids is 1. The van der Waals surface area contributed by atoms with Crippen LogP contribution in [0.3, 0.4) is 0 Å². The molecule has 0 saturated carbocycles. The molecule has 1 aromatic carbocycles. The van der Waals surface area contributed by atoms with E-state index in [0.29, 0.717) is 0 Å². The maximum Gasteiger partial charge on any atom is 0.407 e. The van der Waals surface area contributed by atoms with Gasteiger partial charge >= 0.3 is 6.09 Å². The Morgan fingerprint density at radius 1 is 1.50 bits per heavy atom. The first kappa shape index (κ1) is 12.0. The summed E-state index contributed by atoms with van der Waals surface area (Å²) in [5.41, 5.74) is 6.20. The highest BCUT2D eigenvalue weighted by Gasteiger charge is 2.05. The SMILES string of the molecule is N#CC(N)CNC(=O)OCc1ccccc1. The monoisotopic (exact) mass is 219 g/mol. The number of nitriles is 1. The molecule has 0 saturated heterocycles. The first-order chi connectivity index (χ1) is 7.72. The Kier molecular flexibility index (Phi) is 4.83. The zero-order chi connectivity index (χ0) is 11.8. The van der Waals surface area contributed by atoms with Crippen LogP contribution in [-0.2, 0) is 11.3 Å². The summed E-state index contributed by atoms with van der Waals surface area (Å²) in [6, 6.07) is 10.4. The average molecular weight is 219 g/mol.